The number of carbonyl (C=O) groups excluding carboxylic acids is 2. The lowest BCUT2D eigenvalue weighted by molar-refractivity contribution is -0.135. The summed E-state index contributed by atoms with van der Waals surface area (Å²) in [7, 11) is 0. The van der Waals surface area contributed by atoms with Gasteiger partial charge in [-0.1, -0.05) is 23.9 Å². The first-order valence-corrected chi connectivity index (χ1v) is 10.1. The van der Waals surface area contributed by atoms with Crippen LogP contribution in [0.5, 0.6) is 0 Å². The fraction of sp³-hybridized carbons (Fsp3) is 0.316. The molecule has 1 saturated heterocycles. The van der Waals surface area contributed by atoms with Gasteiger partial charge in [0.05, 0.1) is 5.56 Å². The van der Waals surface area contributed by atoms with Crippen molar-refractivity contribution in [3.8, 4) is 0 Å². The lowest BCUT2D eigenvalue weighted by Crippen LogP contribution is -2.38. The highest BCUT2D eigenvalue weighted by molar-refractivity contribution is 9.10. The zero-order valence-electron chi connectivity index (χ0n) is 14.2. The average molecular weight is 435 g/mol. The van der Waals surface area contributed by atoms with Gasteiger partial charge in [-0.3, -0.25) is 4.79 Å². The molecule has 0 saturated carbocycles. The summed E-state index contributed by atoms with van der Waals surface area (Å²) in [6, 6.07) is 11.0. The Morgan fingerprint density at radius 1 is 1.12 bits per heavy atom. The monoisotopic (exact) mass is 434 g/mol. The number of rotatable bonds is 5. The van der Waals surface area contributed by atoms with E-state index >= 15 is 0 Å². The molecule has 1 amide bonds. The molecule has 2 heterocycles. The molecular formula is C19H19BrN2O3S. The van der Waals surface area contributed by atoms with Crippen molar-refractivity contribution in [3.05, 3.63) is 52.6 Å². The molecule has 136 valence electrons. The summed E-state index contributed by atoms with van der Waals surface area (Å²) < 4.78 is 6.16. The molecule has 0 spiro atoms. The summed E-state index contributed by atoms with van der Waals surface area (Å²) in [6.45, 7) is 1.28. The Hall–Kier alpha value is -1.86. The van der Waals surface area contributed by atoms with Crippen molar-refractivity contribution in [2.24, 2.45) is 0 Å². The Morgan fingerprint density at radius 2 is 1.88 bits per heavy atom. The van der Waals surface area contributed by atoms with Crippen molar-refractivity contribution < 1.29 is 14.3 Å². The highest BCUT2D eigenvalue weighted by Crippen LogP contribution is 2.30. The molecule has 0 unspecified atom stereocenters. The predicted octanol–water partition coefficient (Wildman–Crippen LogP) is 4.16. The highest BCUT2D eigenvalue weighted by atomic mass is 79.9. The van der Waals surface area contributed by atoms with E-state index in [0.717, 1.165) is 46.7 Å². The number of benzene rings is 1. The molecule has 1 aliphatic heterocycles. The van der Waals surface area contributed by atoms with Gasteiger partial charge in [0.25, 0.3) is 5.91 Å². The molecule has 0 radical (unpaired) electrons. The topological polar surface area (TPSA) is 59.5 Å². The number of carbonyl (C=O) groups is 2. The number of ether oxygens (including phenoxy) is 1. The second kappa shape index (κ2) is 9.19. The molecule has 5 nitrogen and oxygen atoms in total. The Morgan fingerprint density at radius 3 is 2.62 bits per heavy atom. The number of aromatic nitrogens is 1. The van der Waals surface area contributed by atoms with Crippen LogP contribution < -0.4 is 0 Å². The van der Waals surface area contributed by atoms with Crippen LogP contribution in [0, 0.1) is 0 Å². The van der Waals surface area contributed by atoms with Crippen molar-refractivity contribution in [1.29, 1.82) is 0 Å². The molecule has 1 fully saturated rings. The molecule has 1 aromatic carbocycles. The second-order valence-electron chi connectivity index (χ2n) is 5.93. The van der Waals surface area contributed by atoms with Crippen LogP contribution in [0.1, 0.15) is 29.6 Å². The lowest BCUT2D eigenvalue weighted by atomic mass is 10.1. The molecular weight excluding hydrogens is 416 g/mol. The van der Waals surface area contributed by atoms with E-state index in [2.05, 4.69) is 20.9 Å². The largest absolute Gasteiger partial charge is 0.452 e. The average Bonchev–Trinajstić information content (AvgIpc) is 2.68. The minimum absolute atomic E-state index is 0.127. The summed E-state index contributed by atoms with van der Waals surface area (Å²) in [5.41, 5.74) is 0.439. The van der Waals surface area contributed by atoms with Gasteiger partial charge < -0.3 is 9.64 Å². The van der Waals surface area contributed by atoms with Crippen LogP contribution >= 0.6 is 27.7 Å². The number of nitrogens with zero attached hydrogens (tertiary/aromatic N) is 2. The molecule has 1 aromatic heterocycles. The SMILES string of the molecule is O=C(OCC(=O)N1CCCCC1)c1ccccc1Sc1ccc(Br)cn1. The van der Waals surface area contributed by atoms with E-state index in [0.29, 0.717) is 5.56 Å². The second-order valence-corrected chi connectivity index (χ2v) is 7.91. The van der Waals surface area contributed by atoms with E-state index in [1.165, 1.54) is 11.8 Å². The summed E-state index contributed by atoms with van der Waals surface area (Å²) in [5, 5.41) is 0.776. The molecule has 1 aliphatic rings. The quantitative estimate of drug-likeness (QED) is 0.660. The highest BCUT2D eigenvalue weighted by Gasteiger charge is 2.20. The van der Waals surface area contributed by atoms with E-state index in [4.69, 9.17) is 4.74 Å². The van der Waals surface area contributed by atoms with E-state index < -0.39 is 5.97 Å². The van der Waals surface area contributed by atoms with Gasteiger partial charge in [-0.25, -0.2) is 9.78 Å². The van der Waals surface area contributed by atoms with Crippen LogP contribution in [0.4, 0.5) is 0 Å². The fourth-order valence-electron chi connectivity index (χ4n) is 2.70. The lowest BCUT2D eigenvalue weighted by Gasteiger charge is -2.26. The van der Waals surface area contributed by atoms with Crippen molar-refractivity contribution in [2.75, 3.05) is 19.7 Å². The number of hydrogen-bond acceptors (Lipinski definition) is 5. The summed E-state index contributed by atoms with van der Waals surface area (Å²) in [4.78, 5) is 31.5. The molecule has 26 heavy (non-hydrogen) atoms. The van der Waals surface area contributed by atoms with E-state index in [-0.39, 0.29) is 12.5 Å². The number of piperidine rings is 1. The number of esters is 1. The number of amides is 1. The van der Waals surface area contributed by atoms with E-state index in [1.807, 2.05) is 24.3 Å². The molecule has 0 bridgehead atoms. The minimum atomic E-state index is -0.490. The van der Waals surface area contributed by atoms with Crippen LogP contribution in [0.3, 0.4) is 0 Å². The van der Waals surface area contributed by atoms with Crippen LogP contribution in [-0.4, -0.2) is 41.5 Å². The van der Waals surface area contributed by atoms with Gasteiger partial charge in [0.2, 0.25) is 0 Å². The van der Waals surface area contributed by atoms with Crippen molar-refractivity contribution in [1.82, 2.24) is 9.88 Å². The smallest absolute Gasteiger partial charge is 0.339 e. The predicted molar refractivity (Wildman–Crippen MR) is 103 cm³/mol. The van der Waals surface area contributed by atoms with Gasteiger partial charge >= 0.3 is 5.97 Å². The maximum Gasteiger partial charge on any atom is 0.339 e. The zero-order chi connectivity index (χ0) is 18.4. The first-order valence-electron chi connectivity index (χ1n) is 8.47. The van der Waals surface area contributed by atoms with Crippen LogP contribution in [0.2, 0.25) is 0 Å². The number of hydrogen-bond donors (Lipinski definition) is 0. The number of halogens is 1. The van der Waals surface area contributed by atoms with Crippen molar-refractivity contribution in [3.63, 3.8) is 0 Å². The van der Waals surface area contributed by atoms with E-state index in [9.17, 15) is 9.59 Å². The summed E-state index contributed by atoms with van der Waals surface area (Å²) in [6.07, 6.45) is 4.89. The third kappa shape index (κ3) is 5.08. The Labute approximate surface area is 165 Å². The molecule has 3 rings (SSSR count). The number of likely N-dealkylation sites (tertiary alicyclic amines) is 1. The van der Waals surface area contributed by atoms with Crippen molar-refractivity contribution >= 4 is 39.6 Å². The fourth-order valence-corrected chi connectivity index (χ4v) is 3.81. The van der Waals surface area contributed by atoms with Gasteiger partial charge in [-0.15, -0.1) is 0 Å². The zero-order valence-corrected chi connectivity index (χ0v) is 16.6. The molecule has 0 atom stereocenters. The molecule has 0 aliphatic carbocycles. The van der Waals surface area contributed by atoms with Gasteiger partial charge in [0, 0.05) is 28.7 Å². The minimum Gasteiger partial charge on any atom is -0.452 e. The Balaban J connectivity index is 1.63. The van der Waals surface area contributed by atoms with Gasteiger partial charge in [-0.2, -0.15) is 0 Å². The van der Waals surface area contributed by atoms with Crippen LogP contribution in [0.25, 0.3) is 0 Å². The van der Waals surface area contributed by atoms with Gasteiger partial charge in [-0.05, 0) is 59.5 Å². The third-order valence-corrected chi connectivity index (χ3v) is 5.55. The molecule has 2 aromatic rings. The Kier molecular flexibility index (Phi) is 6.68. The third-order valence-electron chi connectivity index (χ3n) is 4.06. The normalized spacial score (nSPS) is 14.1. The molecule has 7 heteroatoms. The van der Waals surface area contributed by atoms with Gasteiger partial charge in [0.1, 0.15) is 5.03 Å². The van der Waals surface area contributed by atoms with Crippen LogP contribution in [0.15, 0.2) is 57.0 Å². The van der Waals surface area contributed by atoms with Crippen LogP contribution in [-0.2, 0) is 9.53 Å². The van der Waals surface area contributed by atoms with Crippen molar-refractivity contribution in [2.45, 2.75) is 29.2 Å². The summed E-state index contributed by atoms with van der Waals surface area (Å²) >= 11 is 4.74. The van der Waals surface area contributed by atoms with E-state index in [1.54, 1.807) is 23.2 Å². The first kappa shape index (κ1) is 18.9. The molecule has 0 N–H and O–H groups in total. The van der Waals surface area contributed by atoms with Gasteiger partial charge in [0.15, 0.2) is 6.61 Å². The number of pyridine rings is 1. The maximum atomic E-state index is 12.5. The maximum absolute atomic E-state index is 12.5. The standard InChI is InChI=1S/C19H19BrN2O3S/c20-14-8-9-17(21-12-14)26-16-7-3-2-6-15(16)19(24)25-13-18(23)22-10-4-1-5-11-22/h2-3,6-9,12H,1,4-5,10-11,13H2. The summed E-state index contributed by atoms with van der Waals surface area (Å²) in [5.74, 6) is -0.617. The Bertz CT molecular complexity index is 777. The first-order chi connectivity index (χ1) is 12.6.